The summed E-state index contributed by atoms with van der Waals surface area (Å²) in [6.45, 7) is 13.1. The number of nitrogens with two attached hydrogens (primary N) is 2. The molecule has 2 aromatic carbocycles. The highest BCUT2D eigenvalue weighted by molar-refractivity contribution is 6.30. The van der Waals surface area contributed by atoms with Gasteiger partial charge in [-0.1, -0.05) is 18.6 Å². The molecule has 0 radical (unpaired) electrons. The Hall–Kier alpha value is -4.11. The molecule has 0 spiro atoms. The molecule has 9 heteroatoms. The number of anilines is 1. The van der Waals surface area contributed by atoms with Crippen molar-refractivity contribution in [2.75, 3.05) is 37.6 Å². The summed E-state index contributed by atoms with van der Waals surface area (Å²) in [5, 5.41) is 4.93. The number of aryl methyl sites for hydroxylation is 2. The molecule has 1 fully saturated rings. The number of rotatable bonds is 8. The first-order valence-corrected chi connectivity index (χ1v) is 12.5. The molecule has 1 aliphatic rings. The van der Waals surface area contributed by atoms with Crippen LogP contribution >= 0.6 is 0 Å². The van der Waals surface area contributed by atoms with Gasteiger partial charge >= 0.3 is 0 Å². The number of amidine groups is 1. The minimum atomic E-state index is 0.0345. The number of nitrogens with zero attached hydrogens (tertiary/aromatic N) is 4. The molecule has 1 amide bonds. The number of hydrogen-bond donors (Lipinski definition) is 3. The third kappa shape index (κ3) is 5.67. The Morgan fingerprint density at radius 1 is 1.08 bits per heavy atom. The molecule has 4 rings (SSSR count). The molecule has 1 aliphatic heterocycles. The van der Waals surface area contributed by atoms with Crippen LogP contribution in [-0.4, -0.2) is 55.6 Å². The summed E-state index contributed by atoms with van der Waals surface area (Å²) < 4.78 is 6.28. The van der Waals surface area contributed by atoms with Crippen LogP contribution in [0.25, 0.3) is 11.0 Å². The molecule has 0 saturated carbocycles. The van der Waals surface area contributed by atoms with Gasteiger partial charge in [0.15, 0.2) is 11.6 Å². The van der Waals surface area contributed by atoms with E-state index in [4.69, 9.17) is 20.9 Å². The molecule has 0 atom stereocenters. The molecule has 0 unspecified atom stereocenters. The minimum absolute atomic E-state index is 0.0345. The molecule has 1 saturated heterocycles. The highest BCUT2D eigenvalue weighted by Crippen LogP contribution is 2.31. The SMILES string of the molecule is CCN1CCN(c2ccc(N=C(C(=C(C)N)/C(N)=N\NC=O)c3oc4ccc(C)cc4c3C)cc2)CC1. The summed E-state index contributed by atoms with van der Waals surface area (Å²) in [6.07, 6.45) is 0.446. The van der Waals surface area contributed by atoms with Gasteiger partial charge in [0.2, 0.25) is 6.41 Å². The van der Waals surface area contributed by atoms with Gasteiger partial charge in [-0.2, -0.15) is 5.10 Å². The van der Waals surface area contributed by atoms with Gasteiger partial charge in [-0.05, 0) is 63.7 Å². The number of aliphatic imine (C=N–C) groups is 1. The summed E-state index contributed by atoms with van der Waals surface area (Å²) >= 11 is 0. The van der Waals surface area contributed by atoms with E-state index in [0.717, 1.165) is 66.2 Å². The summed E-state index contributed by atoms with van der Waals surface area (Å²) in [6, 6.07) is 14.1. The average molecular weight is 502 g/mol. The van der Waals surface area contributed by atoms with Crippen LogP contribution in [0.2, 0.25) is 0 Å². The lowest BCUT2D eigenvalue weighted by molar-refractivity contribution is -0.109. The Kier molecular flexibility index (Phi) is 7.93. The van der Waals surface area contributed by atoms with Crippen LogP contribution in [0, 0.1) is 13.8 Å². The first kappa shape index (κ1) is 26.0. The minimum Gasteiger partial charge on any atom is -0.454 e. The molecular formula is C28H35N7O2. The zero-order valence-electron chi connectivity index (χ0n) is 21.9. The number of hydrazone groups is 1. The van der Waals surface area contributed by atoms with E-state index in [1.165, 1.54) is 0 Å². The monoisotopic (exact) mass is 501 g/mol. The molecule has 0 aliphatic carbocycles. The van der Waals surface area contributed by atoms with E-state index >= 15 is 0 Å². The lowest BCUT2D eigenvalue weighted by Gasteiger charge is -2.35. The van der Waals surface area contributed by atoms with E-state index in [1.807, 2.05) is 38.1 Å². The number of carbonyl (C=O) groups is 1. The Morgan fingerprint density at radius 3 is 2.41 bits per heavy atom. The fraction of sp³-hybridized carbons (Fsp3) is 0.321. The third-order valence-electron chi connectivity index (χ3n) is 6.71. The van der Waals surface area contributed by atoms with E-state index in [-0.39, 0.29) is 5.84 Å². The predicted octanol–water partition coefficient (Wildman–Crippen LogP) is 3.56. The number of fused-ring (bicyclic) bond motifs is 1. The second-order valence-corrected chi connectivity index (χ2v) is 9.26. The largest absolute Gasteiger partial charge is 0.454 e. The van der Waals surface area contributed by atoms with E-state index < -0.39 is 0 Å². The molecule has 2 heterocycles. The van der Waals surface area contributed by atoms with Gasteiger partial charge in [0.25, 0.3) is 0 Å². The Labute approximate surface area is 217 Å². The smallest absolute Gasteiger partial charge is 0.227 e. The fourth-order valence-corrected chi connectivity index (χ4v) is 4.63. The number of carbonyl (C=O) groups excluding carboxylic acids is 1. The summed E-state index contributed by atoms with van der Waals surface area (Å²) in [4.78, 5) is 20.6. The number of benzene rings is 2. The second kappa shape index (κ2) is 11.3. The predicted molar refractivity (Wildman–Crippen MR) is 150 cm³/mol. The molecule has 37 heavy (non-hydrogen) atoms. The summed E-state index contributed by atoms with van der Waals surface area (Å²) in [5.41, 5.74) is 20.7. The van der Waals surface area contributed by atoms with Crippen molar-refractivity contribution in [2.45, 2.75) is 27.7 Å². The van der Waals surface area contributed by atoms with Crippen molar-refractivity contribution in [1.29, 1.82) is 0 Å². The van der Waals surface area contributed by atoms with Crippen LogP contribution in [-0.2, 0) is 4.79 Å². The highest BCUT2D eigenvalue weighted by Gasteiger charge is 2.24. The molecule has 3 aromatic rings. The zero-order valence-corrected chi connectivity index (χ0v) is 21.9. The van der Waals surface area contributed by atoms with Crippen molar-refractivity contribution in [3.05, 3.63) is 70.6 Å². The maximum atomic E-state index is 10.9. The first-order valence-electron chi connectivity index (χ1n) is 12.5. The topological polar surface area (TPSA) is 125 Å². The highest BCUT2D eigenvalue weighted by atomic mass is 16.3. The number of nitrogens with one attached hydrogen (secondary N) is 1. The van der Waals surface area contributed by atoms with Crippen molar-refractivity contribution >= 4 is 40.3 Å². The van der Waals surface area contributed by atoms with Crippen molar-refractivity contribution in [3.8, 4) is 0 Å². The number of likely N-dealkylation sites (N-methyl/N-ethyl adjacent to an activating group) is 1. The lowest BCUT2D eigenvalue weighted by atomic mass is 10.0. The van der Waals surface area contributed by atoms with Crippen LogP contribution in [0.15, 0.2) is 68.2 Å². The van der Waals surface area contributed by atoms with Crippen molar-refractivity contribution in [3.63, 3.8) is 0 Å². The quantitative estimate of drug-likeness (QED) is 0.188. The van der Waals surface area contributed by atoms with Crippen molar-refractivity contribution in [1.82, 2.24) is 10.3 Å². The number of amides is 1. The summed E-state index contributed by atoms with van der Waals surface area (Å²) in [7, 11) is 0. The number of furan rings is 1. The Bertz CT molecular complexity index is 1360. The molecule has 1 aromatic heterocycles. The number of piperazine rings is 1. The normalized spacial score (nSPS) is 16.2. The Morgan fingerprint density at radius 2 is 1.78 bits per heavy atom. The number of hydrogen-bond acceptors (Lipinski definition) is 7. The standard InChI is InChI=1S/C28H35N7O2/c1-5-34-12-14-35(15-13-34)22-9-7-21(8-10-22)32-26(25(20(4)29)28(30)33-31-17-36)27-19(3)23-16-18(2)6-11-24(23)37-27/h6-11,16-17H,5,12-15,29H2,1-4H3,(H2,30,33)(H,31,36). The van der Waals surface area contributed by atoms with Crippen LogP contribution in [0.1, 0.15) is 30.7 Å². The number of allylic oxidation sites excluding steroid dienone is 1. The van der Waals surface area contributed by atoms with Gasteiger partial charge in [0.05, 0.1) is 11.3 Å². The molecule has 0 bridgehead atoms. The molecule has 5 N–H and O–H groups in total. The fourth-order valence-electron chi connectivity index (χ4n) is 4.63. The Balaban J connectivity index is 1.79. The van der Waals surface area contributed by atoms with Crippen molar-refractivity contribution in [2.24, 2.45) is 21.6 Å². The van der Waals surface area contributed by atoms with Gasteiger partial charge in [0.1, 0.15) is 11.3 Å². The third-order valence-corrected chi connectivity index (χ3v) is 6.71. The molecule has 194 valence electrons. The van der Waals surface area contributed by atoms with Crippen LogP contribution < -0.4 is 21.8 Å². The van der Waals surface area contributed by atoms with Crippen LogP contribution in [0.3, 0.4) is 0 Å². The maximum absolute atomic E-state index is 10.9. The lowest BCUT2D eigenvalue weighted by Crippen LogP contribution is -2.46. The first-order chi connectivity index (χ1) is 17.8. The van der Waals surface area contributed by atoms with E-state index in [2.05, 4.69) is 45.4 Å². The molecule has 9 nitrogen and oxygen atoms in total. The van der Waals surface area contributed by atoms with E-state index in [1.54, 1.807) is 6.92 Å². The maximum Gasteiger partial charge on any atom is 0.227 e. The van der Waals surface area contributed by atoms with Gasteiger partial charge < -0.3 is 25.7 Å². The average Bonchev–Trinajstić information content (AvgIpc) is 3.22. The van der Waals surface area contributed by atoms with Gasteiger partial charge in [0, 0.05) is 48.5 Å². The van der Waals surface area contributed by atoms with Crippen LogP contribution in [0.4, 0.5) is 11.4 Å². The zero-order chi connectivity index (χ0) is 26.5. The second-order valence-electron chi connectivity index (χ2n) is 9.26. The van der Waals surface area contributed by atoms with Gasteiger partial charge in [-0.25, -0.2) is 10.4 Å². The van der Waals surface area contributed by atoms with E-state index in [9.17, 15) is 4.79 Å². The van der Waals surface area contributed by atoms with Crippen molar-refractivity contribution < 1.29 is 9.21 Å². The summed E-state index contributed by atoms with van der Waals surface area (Å²) in [5.74, 6) is 0.580. The van der Waals surface area contributed by atoms with Gasteiger partial charge in [-0.15, -0.1) is 0 Å². The van der Waals surface area contributed by atoms with E-state index in [0.29, 0.717) is 29.2 Å². The van der Waals surface area contributed by atoms with Crippen LogP contribution in [0.5, 0.6) is 0 Å². The molecular weight excluding hydrogens is 466 g/mol. The van der Waals surface area contributed by atoms with Gasteiger partial charge in [-0.3, -0.25) is 4.79 Å².